The second kappa shape index (κ2) is 11.1. The number of carbonyl (C=O) groups is 2. The number of carbonyl (C=O) groups excluding carboxylic acids is 2. The minimum atomic E-state index is -4.75. The van der Waals surface area contributed by atoms with Gasteiger partial charge < -0.3 is 19.0 Å². The first-order chi connectivity index (χ1) is 13.6. The van der Waals surface area contributed by atoms with Crippen molar-refractivity contribution in [2.24, 2.45) is 0 Å². The number of methoxy groups -OCH3 is 1. The second-order valence-electron chi connectivity index (χ2n) is 5.86. The molecule has 1 aromatic carbocycles. The van der Waals surface area contributed by atoms with E-state index in [1.54, 1.807) is 20.8 Å². The zero-order valence-electron chi connectivity index (χ0n) is 17.1. The van der Waals surface area contributed by atoms with E-state index in [0.717, 1.165) is 0 Å². The minimum absolute atomic E-state index is 0. The number of benzene rings is 1. The van der Waals surface area contributed by atoms with Gasteiger partial charge in [-0.25, -0.2) is 9.78 Å². The largest absolute Gasteiger partial charge is 1.00 e. The first kappa shape index (κ1) is 25.6. The Bertz CT molecular complexity index is 1010. The monoisotopic (exact) mass is 446 g/mol. The molecule has 0 saturated carbocycles. The summed E-state index contributed by atoms with van der Waals surface area (Å²) in [4.78, 5) is 31.8. The molecular weight excluding hydrogens is 427 g/mol. The third-order valence-electron chi connectivity index (χ3n) is 3.10. The van der Waals surface area contributed by atoms with E-state index in [1.807, 2.05) is 0 Å². The van der Waals surface area contributed by atoms with Gasteiger partial charge in [-0.05, 0) is 32.9 Å². The van der Waals surface area contributed by atoms with Gasteiger partial charge in [-0.2, -0.15) is 13.4 Å². The van der Waals surface area contributed by atoms with Crippen LogP contribution < -0.4 is 43.8 Å². The van der Waals surface area contributed by atoms with E-state index in [-0.39, 0.29) is 52.7 Å². The molecule has 1 heterocycles. The van der Waals surface area contributed by atoms with Gasteiger partial charge in [-0.1, -0.05) is 12.1 Å². The summed E-state index contributed by atoms with van der Waals surface area (Å²) in [7, 11) is -3.37. The standard InChI is InChI=1S/C17H20N4O7S.Na/c1-10(2)27-15(22)12-7-5-6-8-13(12)28-29(24,25)21-17(23)20-16-18-11(3)9-14(19-16)26-4;/h5-10H,1-4H3,(H2,18,19,20,21,23);/q;+1/p-1. The Balaban J connectivity index is 0.00000450. The van der Waals surface area contributed by atoms with Gasteiger partial charge in [0.25, 0.3) is 0 Å². The van der Waals surface area contributed by atoms with Crippen molar-refractivity contribution in [2.45, 2.75) is 26.9 Å². The molecule has 0 unspecified atom stereocenters. The number of ether oxygens (including phenoxy) is 2. The molecule has 0 fully saturated rings. The van der Waals surface area contributed by atoms with Crippen LogP contribution in [0.2, 0.25) is 0 Å². The van der Waals surface area contributed by atoms with Crippen LogP contribution in [0.1, 0.15) is 29.9 Å². The van der Waals surface area contributed by atoms with Crippen molar-refractivity contribution in [3.05, 3.63) is 46.3 Å². The van der Waals surface area contributed by atoms with Crippen LogP contribution in [0, 0.1) is 6.92 Å². The first-order valence-electron chi connectivity index (χ1n) is 8.27. The summed E-state index contributed by atoms with van der Waals surface area (Å²) in [6, 6.07) is 5.73. The Morgan fingerprint density at radius 3 is 2.47 bits per heavy atom. The maximum absolute atomic E-state index is 12.1. The number of urea groups is 1. The molecule has 2 rings (SSSR count). The van der Waals surface area contributed by atoms with E-state index < -0.39 is 28.4 Å². The first-order valence-corrected chi connectivity index (χ1v) is 9.64. The van der Waals surface area contributed by atoms with Crippen LogP contribution in [0.25, 0.3) is 4.72 Å². The smallest absolute Gasteiger partial charge is 0.481 e. The molecule has 13 heteroatoms. The van der Waals surface area contributed by atoms with Crippen molar-refractivity contribution in [2.75, 3.05) is 12.4 Å². The number of nitrogens with one attached hydrogen (secondary N) is 1. The number of aryl methyl sites for hydroxylation is 1. The number of hydrogen-bond donors (Lipinski definition) is 1. The molecule has 0 aliphatic carbocycles. The fourth-order valence-corrected chi connectivity index (χ4v) is 2.70. The SMILES string of the molecule is COc1cc(C)nc(NC(=O)[N-]S(=O)(=O)Oc2ccccc2C(=O)OC(C)C)n1.[Na+]. The molecule has 0 aliphatic rings. The predicted molar refractivity (Wildman–Crippen MR) is 102 cm³/mol. The van der Waals surface area contributed by atoms with Crippen molar-refractivity contribution in [3.8, 4) is 11.6 Å². The maximum Gasteiger partial charge on any atom is 1.00 e. The van der Waals surface area contributed by atoms with E-state index in [9.17, 15) is 18.0 Å². The van der Waals surface area contributed by atoms with Gasteiger partial charge >= 0.3 is 45.8 Å². The Kier molecular flexibility index (Phi) is 9.49. The van der Waals surface area contributed by atoms with Crippen LogP contribution in [0.4, 0.5) is 10.7 Å². The molecular formula is C17H19N4NaO7S. The molecule has 156 valence electrons. The zero-order valence-corrected chi connectivity index (χ0v) is 19.9. The van der Waals surface area contributed by atoms with Gasteiger partial charge in [0.1, 0.15) is 11.5 Å². The summed E-state index contributed by atoms with van der Waals surface area (Å²) in [6.07, 6.45) is -0.422. The summed E-state index contributed by atoms with van der Waals surface area (Å²) >= 11 is 0. The van der Waals surface area contributed by atoms with E-state index >= 15 is 0 Å². The van der Waals surface area contributed by atoms with Crippen LogP contribution in [0.3, 0.4) is 0 Å². The minimum Gasteiger partial charge on any atom is -0.481 e. The van der Waals surface area contributed by atoms with Crippen LogP contribution >= 0.6 is 0 Å². The quantitative estimate of drug-likeness (QED) is 0.443. The number of para-hydroxylation sites is 1. The average Bonchev–Trinajstić information content (AvgIpc) is 2.59. The summed E-state index contributed by atoms with van der Waals surface area (Å²) < 4.78 is 42.0. The molecule has 0 saturated heterocycles. The summed E-state index contributed by atoms with van der Waals surface area (Å²) in [5, 5.41) is 2.10. The van der Waals surface area contributed by atoms with Gasteiger partial charge in [0.2, 0.25) is 5.88 Å². The van der Waals surface area contributed by atoms with Gasteiger partial charge in [-0.15, -0.1) is 0 Å². The Labute approximate surface area is 196 Å². The molecule has 0 spiro atoms. The fraction of sp³-hybridized carbons (Fsp3) is 0.294. The van der Waals surface area contributed by atoms with Crippen molar-refractivity contribution in [3.63, 3.8) is 0 Å². The number of amides is 2. The van der Waals surface area contributed by atoms with Crippen molar-refractivity contribution >= 4 is 28.3 Å². The Morgan fingerprint density at radius 2 is 1.83 bits per heavy atom. The van der Waals surface area contributed by atoms with Crippen LogP contribution in [0.5, 0.6) is 11.6 Å². The third kappa shape index (κ3) is 7.78. The Hall–Kier alpha value is -2.41. The van der Waals surface area contributed by atoms with E-state index in [4.69, 9.17) is 13.7 Å². The zero-order chi connectivity index (χ0) is 21.6. The maximum atomic E-state index is 12.1. The molecule has 0 radical (unpaired) electrons. The predicted octanol–water partition coefficient (Wildman–Crippen LogP) is -0.408. The molecule has 1 aromatic heterocycles. The van der Waals surface area contributed by atoms with E-state index in [0.29, 0.717) is 5.69 Å². The molecule has 30 heavy (non-hydrogen) atoms. The van der Waals surface area contributed by atoms with Gasteiger partial charge in [0.05, 0.1) is 13.2 Å². The average molecular weight is 446 g/mol. The molecule has 0 bridgehead atoms. The second-order valence-corrected chi connectivity index (χ2v) is 7.06. The van der Waals surface area contributed by atoms with Crippen LogP contribution in [-0.2, 0) is 15.0 Å². The Morgan fingerprint density at radius 1 is 1.17 bits per heavy atom. The van der Waals surface area contributed by atoms with Gasteiger partial charge in [0, 0.05) is 11.8 Å². The van der Waals surface area contributed by atoms with Crippen molar-refractivity contribution in [1.82, 2.24) is 9.97 Å². The molecule has 2 aromatic rings. The third-order valence-corrected chi connectivity index (χ3v) is 3.88. The summed E-state index contributed by atoms with van der Waals surface area (Å²) in [5.41, 5.74) is 0.344. The van der Waals surface area contributed by atoms with Crippen molar-refractivity contribution in [1.29, 1.82) is 0 Å². The molecule has 1 N–H and O–H groups in total. The van der Waals surface area contributed by atoms with E-state index in [2.05, 4.69) is 20.0 Å². The van der Waals surface area contributed by atoms with Gasteiger partial charge in [-0.3, -0.25) is 9.52 Å². The number of aromatic nitrogens is 2. The molecule has 0 atom stereocenters. The summed E-state index contributed by atoms with van der Waals surface area (Å²) in [5.74, 6) is -1.14. The number of hydrogen-bond acceptors (Lipinski definition) is 9. The molecule has 2 amide bonds. The number of esters is 1. The fourth-order valence-electron chi connectivity index (χ4n) is 2.04. The van der Waals surface area contributed by atoms with Crippen LogP contribution in [-0.4, -0.2) is 43.6 Å². The number of anilines is 1. The molecule has 11 nitrogen and oxygen atoms in total. The number of nitrogens with zero attached hydrogens (tertiary/aromatic N) is 3. The molecule has 0 aliphatic heterocycles. The van der Waals surface area contributed by atoms with Crippen molar-refractivity contribution < 1.29 is 61.2 Å². The van der Waals surface area contributed by atoms with Crippen LogP contribution in [0.15, 0.2) is 30.3 Å². The van der Waals surface area contributed by atoms with E-state index in [1.165, 1.54) is 37.4 Å². The number of rotatable bonds is 7. The summed E-state index contributed by atoms with van der Waals surface area (Å²) in [6.45, 7) is 4.91. The van der Waals surface area contributed by atoms with Gasteiger partial charge in [0.15, 0.2) is 11.8 Å². The topological polar surface area (TPSA) is 148 Å². The normalized spacial score (nSPS) is 10.6.